The maximum atomic E-state index is 12.8. The monoisotopic (exact) mass is 344 g/mol. The van der Waals surface area contributed by atoms with Crippen LogP contribution in [0.25, 0.3) is 10.2 Å². The highest BCUT2D eigenvalue weighted by Crippen LogP contribution is 2.36. The van der Waals surface area contributed by atoms with Gasteiger partial charge in [-0.2, -0.15) is 0 Å². The van der Waals surface area contributed by atoms with Crippen LogP contribution in [0.2, 0.25) is 0 Å². The van der Waals surface area contributed by atoms with Crippen molar-refractivity contribution in [1.29, 1.82) is 0 Å². The van der Waals surface area contributed by atoms with E-state index in [9.17, 15) is 4.79 Å². The number of rotatable bonds is 4. The number of thiazole rings is 1. The first-order valence-electron chi connectivity index (χ1n) is 9.08. The lowest BCUT2D eigenvalue weighted by molar-refractivity contribution is -0.135. The fourth-order valence-electron chi connectivity index (χ4n) is 3.82. The predicted octanol–water partition coefficient (Wildman–Crippen LogP) is 4.31. The molecular weight excluding hydrogens is 320 g/mol. The van der Waals surface area contributed by atoms with Crippen molar-refractivity contribution in [2.45, 2.75) is 57.1 Å². The molecule has 1 aromatic heterocycles. The Hall–Kier alpha value is -1.46. The molecule has 128 valence electrons. The molecule has 2 aliphatic heterocycles. The second kappa shape index (κ2) is 7.19. The van der Waals surface area contributed by atoms with E-state index in [0.717, 1.165) is 55.8 Å². The molecule has 0 spiro atoms. The minimum absolute atomic E-state index is 0.160. The van der Waals surface area contributed by atoms with Crippen molar-refractivity contribution >= 4 is 27.5 Å². The molecule has 0 N–H and O–H groups in total. The Kier molecular flexibility index (Phi) is 4.81. The number of piperidine rings is 1. The third kappa shape index (κ3) is 3.33. The van der Waals surface area contributed by atoms with Crippen molar-refractivity contribution in [1.82, 2.24) is 9.88 Å². The van der Waals surface area contributed by atoms with Gasteiger partial charge in [-0.25, -0.2) is 4.98 Å². The second-order valence-corrected chi connectivity index (χ2v) is 7.85. The minimum Gasteiger partial charge on any atom is -0.378 e. The molecular formula is C19H24N2O2S. The van der Waals surface area contributed by atoms with Crippen molar-refractivity contribution in [3.63, 3.8) is 0 Å². The smallest absolute Gasteiger partial charge is 0.223 e. The Labute approximate surface area is 146 Å². The van der Waals surface area contributed by atoms with Crippen LogP contribution < -0.4 is 0 Å². The first-order valence-corrected chi connectivity index (χ1v) is 9.89. The lowest BCUT2D eigenvalue weighted by Gasteiger charge is -2.34. The number of benzene rings is 1. The van der Waals surface area contributed by atoms with Crippen LogP contribution in [0, 0.1) is 0 Å². The number of hydrogen-bond acceptors (Lipinski definition) is 4. The summed E-state index contributed by atoms with van der Waals surface area (Å²) in [5.74, 6) is 0.273. The zero-order chi connectivity index (χ0) is 16.4. The summed E-state index contributed by atoms with van der Waals surface area (Å²) in [6, 6.07) is 8.41. The molecule has 2 atom stereocenters. The van der Waals surface area contributed by atoms with Crippen LogP contribution in [0.4, 0.5) is 0 Å². The molecule has 0 aliphatic carbocycles. The van der Waals surface area contributed by atoms with E-state index in [-0.39, 0.29) is 11.9 Å². The van der Waals surface area contributed by atoms with Crippen molar-refractivity contribution in [2.75, 3.05) is 13.2 Å². The van der Waals surface area contributed by atoms with Crippen LogP contribution in [0.5, 0.6) is 0 Å². The molecule has 3 heterocycles. The summed E-state index contributed by atoms with van der Waals surface area (Å²) in [5, 5.41) is 1.10. The maximum Gasteiger partial charge on any atom is 0.223 e. The number of hydrogen-bond donors (Lipinski definition) is 0. The molecule has 2 aromatic rings. The minimum atomic E-state index is 0.160. The lowest BCUT2D eigenvalue weighted by atomic mass is 10.0. The first kappa shape index (κ1) is 16.0. The number of ether oxygens (including phenoxy) is 1. The molecule has 0 saturated carbocycles. The van der Waals surface area contributed by atoms with Crippen LogP contribution in [0.3, 0.4) is 0 Å². The number of amides is 1. The van der Waals surface area contributed by atoms with Crippen LogP contribution in [0.1, 0.15) is 56.0 Å². The third-order valence-electron chi connectivity index (χ3n) is 5.12. The van der Waals surface area contributed by atoms with Crippen LogP contribution >= 0.6 is 11.3 Å². The van der Waals surface area contributed by atoms with Gasteiger partial charge in [-0.3, -0.25) is 4.79 Å². The van der Waals surface area contributed by atoms with Crippen molar-refractivity contribution < 1.29 is 9.53 Å². The van der Waals surface area contributed by atoms with Gasteiger partial charge < -0.3 is 9.64 Å². The van der Waals surface area contributed by atoms with Gasteiger partial charge in [-0.05, 0) is 50.7 Å². The van der Waals surface area contributed by atoms with E-state index in [1.807, 2.05) is 6.07 Å². The van der Waals surface area contributed by atoms with Crippen molar-refractivity contribution in [3.8, 4) is 0 Å². The molecule has 2 saturated heterocycles. The summed E-state index contributed by atoms with van der Waals surface area (Å²) in [6.07, 6.45) is 7.31. The average molecular weight is 344 g/mol. The Balaban J connectivity index is 1.48. The van der Waals surface area contributed by atoms with Gasteiger partial charge in [-0.1, -0.05) is 12.1 Å². The summed E-state index contributed by atoms with van der Waals surface area (Å²) in [5.41, 5.74) is 1.05. The highest BCUT2D eigenvalue weighted by Gasteiger charge is 2.30. The molecule has 5 heteroatoms. The third-order valence-corrected chi connectivity index (χ3v) is 6.26. The molecule has 0 unspecified atom stereocenters. The van der Waals surface area contributed by atoms with Crippen LogP contribution in [-0.2, 0) is 9.53 Å². The fraction of sp³-hybridized carbons (Fsp3) is 0.579. The molecule has 24 heavy (non-hydrogen) atoms. The van der Waals surface area contributed by atoms with E-state index < -0.39 is 0 Å². The lowest BCUT2D eigenvalue weighted by Crippen LogP contribution is -2.38. The van der Waals surface area contributed by atoms with E-state index >= 15 is 0 Å². The molecule has 1 aromatic carbocycles. The number of likely N-dealkylation sites (tertiary alicyclic amines) is 1. The normalized spacial score (nSPS) is 24.6. The summed E-state index contributed by atoms with van der Waals surface area (Å²) in [4.78, 5) is 19.7. The highest BCUT2D eigenvalue weighted by molar-refractivity contribution is 7.18. The fourth-order valence-corrected chi connectivity index (χ4v) is 4.93. The predicted molar refractivity (Wildman–Crippen MR) is 96.1 cm³/mol. The van der Waals surface area contributed by atoms with Gasteiger partial charge in [0.1, 0.15) is 5.01 Å². The summed E-state index contributed by atoms with van der Waals surface area (Å²) >= 11 is 1.74. The molecule has 2 aliphatic rings. The molecule has 1 amide bonds. The van der Waals surface area contributed by atoms with E-state index in [1.165, 1.54) is 11.1 Å². The largest absolute Gasteiger partial charge is 0.378 e. The second-order valence-electron chi connectivity index (χ2n) is 6.79. The molecule has 4 rings (SSSR count). The quantitative estimate of drug-likeness (QED) is 0.830. The van der Waals surface area contributed by atoms with E-state index in [4.69, 9.17) is 9.72 Å². The van der Waals surface area contributed by atoms with Gasteiger partial charge in [-0.15, -0.1) is 11.3 Å². The van der Waals surface area contributed by atoms with E-state index in [1.54, 1.807) is 11.3 Å². The number of para-hydroxylation sites is 1. The molecule has 0 radical (unpaired) electrons. The number of aromatic nitrogens is 1. The SMILES string of the molecule is O=C(CC[C@H]1CCCO1)N1CCCC[C@@H]1c1nc2ccccc2s1. The molecule has 0 bridgehead atoms. The Morgan fingerprint density at radius 2 is 2.17 bits per heavy atom. The first-order chi connectivity index (χ1) is 11.8. The summed E-state index contributed by atoms with van der Waals surface area (Å²) < 4.78 is 6.87. The molecule has 2 fully saturated rings. The highest BCUT2D eigenvalue weighted by atomic mass is 32.1. The summed E-state index contributed by atoms with van der Waals surface area (Å²) in [6.45, 7) is 1.72. The van der Waals surface area contributed by atoms with Gasteiger partial charge in [0.15, 0.2) is 0 Å². The Morgan fingerprint density at radius 3 is 3.00 bits per heavy atom. The van der Waals surface area contributed by atoms with Crippen LogP contribution in [0.15, 0.2) is 24.3 Å². The zero-order valence-corrected chi connectivity index (χ0v) is 14.8. The topological polar surface area (TPSA) is 42.4 Å². The number of fused-ring (bicyclic) bond motifs is 1. The molecule has 4 nitrogen and oxygen atoms in total. The number of carbonyl (C=O) groups excluding carboxylic acids is 1. The van der Waals surface area contributed by atoms with Gasteiger partial charge in [0.25, 0.3) is 0 Å². The van der Waals surface area contributed by atoms with Crippen LogP contribution in [-0.4, -0.2) is 35.0 Å². The average Bonchev–Trinajstić information content (AvgIpc) is 3.29. The standard InChI is InChI=1S/C19H24N2O2S/c22-18(11-10-14-6-5-13-23-14)21-12-4-3-8-16(21)19-20-15-7-1-2-9-17(15)24-19/h1-2,7,9,14,16H,3-6,8,10-13H2/t14-,16-/m1/s1. The van der Waals surface area contributed by atoms with E-state index in [2.05, 4.69) is 23.1 Å². The Morgan fingerprint density at radius 1 is 1.25 bits per heavy atom. The summed E-state index contributed by atoms with van der Waals surface area (Å²) in [7, 11) is 0. The maximum absolute atomic E-state index is 12.8. The van der Waals surface area contributed by atoms with Crippen molar-refractivity contribution in [2.24, 2.45) is 0 Å². The van der Waals surface area contributed by atoms with Crippen molar-refractivity contribution in [3.05, 3.63) is 29.3 Å². The number of nitrogens with zero attached hydrogens (tertiary/aromatic N) is 2. The van der Waals surface area contributed by atoms with Gasteiger partial charge in [0, 0.05) is 19.6 Å². The Bertz CT molecular complexity index is 675. The van der Waals surface area contributed by atoms with Gasteiger partial charge in [0.05, 0.1) is 22.4 Å². The van der Waals surface area contributed by atoms with Gasteiger partial charge >= 0.3 is 0 Å². The number of carbonyl (C=O) groups is 1. The van der Waals surface area contributed by atoms with E-state index in [0.29, 0.717) is 12.5 Å². The zero-order valence-electron chi connectivity index (χ0n) is 13.9. The van der Waals surface area contributed by atoms with Gasteiger partial charge in [0.2, 0.25) is 5.91 Å².